The second kappa shape index (κ2) is 4.24. The molecule has 0 aliphatic heterocycles. The lowest BCUT2D eigenvalue weighted by Gasteiger charge is -2.06. The second-order valence-electron chi connectivity index (χ2n) is 3.93. The Hall–Kier alpha value is -2.01. The van der Waals surface area contributed by atoms with Crippen molar-refractivity contribution in [3.8, 4) is 6.07 Å². The standard InChI is InChI=1S/C14H14N2/c1-3-11(2)10-16-7-6-13-8-12(9-15)4-5-14(13)16/h4-8H,2-3,10H2,1H3. The quantitative estimate of drug-likeness (QED) is 0.713. The van der Waals surface area contributed by atoms with Gasteiger partial charge in [-0.3, -0.25) is 0 Å². The predicted octanol–water partition coefficient (Wildman–Crippen LogP) is 3.48. The number of allylic oxidation sites excluding steroid dienone is 1. The summed E-state index contributed by atoms with van der Waals surface area (Å²) in [4.78, 5) is 0. The Bertz CT molecular complexity index is 570. The first-order valence-electron chi connectivity index (χ1n) is 5.40. The van der Waals surface area contributed by atoms with Gasteiger partial charge in [-0.1, -0.05) is 19.1 Å². The SMILES string of the molecule is C=C(CC)Cn1ccc2cc(C#N)ccc21. The molecule has 0 radical (unpaired) electrons. The lowest BCUT2D eigenvalue weighted by molar-refractivity contribution is 0.790. The van der Waals surface area contributed by atoms with Gasteiger partial charge in [0.15, 0.2) is 0 Å². The summed E-state index contributed by atoms with van der Waals surface area (Å²) in [5.74, 6) is 0. The van der Waals surface area contributed by atoms with Crippen LogP contribution in [-0.4, -0.2) is 4.57 Å². The zero-order valence-corrected chi connectivity index (χ0v) is 9.40. The van der Waals surface area contributed by atoms with Crippen LogP contribution in [-0.2, 0) is 6.54 Å². The average molecular weight is 210 g/mol. The van der Waals surface area contributed by atoms with Crippen molar-refractivity contribution in [2.75, 3.05) is 0 Å². The minimum atomic E-state index is 0.708. The van der Waals surface area contributed by atoms with Crippen LogP contribution in [0.1, 0.15) is 18.9 Å². The van der Waals surface area contributed by atoms with Crippen molar-refractivity contribution in [2.24, 2.45) is 0 Å². The normalized spacial score (nSPS) is 10.2. The third kappa shape index (κ3) is 1.85. The van der Waals surface area contributed by atoms with Gasteiger partial charge in [0, 0.05) is 23.6 Å². The van der Waals surface area contributed by atoms with E-state index in [0.29, 0.717) is 5.56 Å². The van der Waals surface area contributed by atoms with Crippen molar-refractivity contribution in [1.82, 2.24) is 4.57 Å². The summed E-state index contributed by atoms with van der Waals surface area (Å²) in [7, 11) is 0. The first-order chi connectivity index (χ1) is 7.74. The zero-order chi connectivity index (χ0) is 11.5. The van der Waals surface area contributed by atoms with Crippen molar-refractivity contribution in [3.63, 3.8) is 0 Å². The summed E-state index contributed by atoms with van der Waals surface area (Å²) in [5.41, 5.74) is 3.08. The van der Waals surface area contributed by atoms with Gasteiger partial charge in [0.05, 0.1) is 11.6 Å². The highest BCUT2D eigenvalue weighted by Crippen LogP contribution is 2.18. The van der Waals surface area contributed by atoms with Gasteiger partial charge in [0.2, 0.25) is 0 Å². The third-order valence-electron chi connectivity index (χ3n) is 2.79. The van der Waals surface area contributed by atoms with Gasteiger partial charge in [-0.15, -0.1) is 0 Å². The van der Waals surface area contributed by atoms with E-state index in [-0.39, 0.29) is 0 Å². The monoisotopic (exact) mass is 210 g/mol. The molecule has 0 spiro atoms. The summed E-state index contributed by atoms with van der Waals surface area (Å²) in [5, 5.41) is 9.93. The summed E-state index contributed by atoms with van der Waals surface area (Å²) < 4.78 is 2.17. The maximum absolute atomic E-state index is 8.82. The van der Waals surface area contributed by atoms with Gasteiger partial charge in [-0.25, -0.2) is 0 Å². The first kappa shape index (κ1) is 10.5. The number of aromatic nitrogens is 1. The highest BCUT2D eigenvalue weighted by molar-refractivity contribution is 5.81. The largest absolute Gasteiger partial charge is 0.343 e. The molecule has 2 nitrogen and oxygen atoms in total. The van der Waals surface area contributed by atoms with Gasteiger partial charge in [-0.05, 0) is 30.7 Å². The fourth-order valence-corrected chi connectivity index (χ4v) is 1.76. The predicted molar refractivity (Wildman–Crippen MR) is 66.1 cm³/mol. The lowest BCUT2D eigenvalue weighted by atomic mass is 10.2. The lowest BCUT2D eigenvalue weighted by Crippen LogP contribution is -1.97. The molecule has 0 aliphatic rings. The van der Waals surface area contributed by atoms with Crippen LogP contribution in [0.4, 0.5) is 0 Å². The summed E-state index contributed by atoms with van der Waals surface area (Å²) in [6.45, 7) is 6.98. The number of nitrogens with zero attached hydrogens (tertiary/aromatic N) is 2. The van der Waals surface area contributed by atoms with E-state index < -0.39 is 0 Å². The first-order valence-corrected chi connectivity index (χ1v) is 5.40. The molecule has 0 fully saturated rings. The highest BCUT2D eigenvalue weighted by Gasteiger charge is 2.02. The molecule has 0 saturated heterocycles. The number of fused-ring (bicyclic) bond motifs is 1. The molecule has 1 aromatic carbocycles. The molecule has 0 unspecified atom stereocenters. The molecule has 0 amide bonds. The Balaban J connectivity index is 2.42. The van der Waals surface area contributed by atoms with Crippen LogP contribution >= 0.6 is 0 Å². The van der Waals surface area contributed by atoms with Crippen LogP contribution in [0.3, 0.4) is 0 Å². The molecule has 1 heterocycles. The van der Waals surface area contributed by atoms with E-state index >= 15 is 0 Å². The maximum Gasteiger partial charge on any atom is 0.0991 e. The Labute approximate surface area is 95.4 Å². The Kier molecular flexibility index (Phi) is 2.78. The molecule has 0 saturated carbocycles. The van der Waals surface area contributed by atoms with Gasteiger partial charge >= 0.3 is 0 Å². The summed E-state index contributed by atoms with van der Waals surface area (Å²) >= 11 is 0. The van der Waals surface area contributed by atoms with Crippen molar-refractivity contribution in [1.29, 1.82) is 5.26 Å². The molecule has 16 heavy (non-hydrogen) atoms. The minimum absolute atomic E-state index is 0.708. The molecule has 1 aromatic heterocycles. The molecule has 0 N–H and O–H groups in total. The molecule has 0 bridgehead atoms. The van der Waals surface area contributed by atoms with E-state index in [1.807, 2.05) is 30.5 Å². The van der Waals surface area contributed by atoms with Crippen molar-refractivity contribution < 1.29 is 0 Å². The van der Waals surface area contributed by atoms with Crippen LogP contribution in [0.25, 0.3) is 10.9 Å². The van der Waals surface area contributed by atoms with Crippen LogP contribution in [0.5, 0.6) is 0 Å². The van der Waals surface area contributed by atoms with Gasteiger partial charge in [0.25, 0.3) is 0 Å². The molecule has 2 heteroatoms. The van der Waals surface area contributed by atoms with Crippen molar-refractivity contribution in [3.05, 3.63) is 48.2 Å². The smallest absolute Gasteiger partial charge is 0.0991 e. The van der Waals surface area contributed by atoms with E-state index in [1.54, 1.807) is 0 Å². The number of rotatable bonds is 3. The number of hydrogen-bond donors (Lipinski definition) is 0. The second-order valence-corrected chi connectivity index (χ2v) is 3.93. The van der Waals surface area contributed by atoms with Crippen LogP contribution in [0, 0.1) is 11.3 Å². The highest BCUT2D eigenvalue weighted by atomic mass is 14.9. The van der Waals surface area contributed by atoms with E-state index in [4.69, 9.17) is 5.26 Å². The molecule has 2 aromatic rings. The van der Waals surface area contributed by atoms with Gasteiger partial charge in [-0.2, -0.15) is 5.26 Å². The van der Waals surface area contributed by atoms with Crippen LogP contribution in [0.15, 0.2) is 42.6 Å². The van der Waals surface area contributed by atoms with Gasteiger partial charge < -0.3 is 4.57 Å². The molecular formula is C14H14N2. The molecule has 80 valence electrons. The van der Waals surface area contributed by atoms with Gasteiger partial charge in [0.1, 0.15) is 0 Å². The fourth-order valence-electron chi connectivity index (χ4n) is 1.76. The Morgan fingerprint density at radius 1 is 1.44 bits per heavy atom. The van der Waals surface area contributed by atoms with Crippen molar-refractivity contribution >= 4 is 10.9 Å². The van der Waals surface area contributed by atoms with Crippen molar-refractivity contribution in [2.45, 2.75) is 19.9 Å². The Morgan fingerprint density at radius 3 is 2.94 bits per heavy atom. The van der Waals surface area contributed by atoms with Crippen LogP contribution in [0.2, 0.25) is 0 Å². The molecule has 0 aliphatic carbocycles. The molecular weight excluding hydrogens is 196 g/mol. The number of benzene rings is 1. The number of hydrogen-bond acceptors (Lipinski definition) is 1. The fraction of sp³-hybridized carbons (Fsp3) is 0.214. The topological polar surface area (TPSA) is 28.7 Å². The minimum Gasteiger partial charge on any atom is -0.343 e. The average Bonchev–Trinajstić information content (AvgIpc) is 2.71. The summed E-state index contributed by atoms with van der Waals surface area (Å²) in [6.07, 6.45) is 3.04. The number of nitriles is 1. The molecule has 2 rings (SSSR count). The summed E-state index contributed by atoms with van der Waals surface area (Å²) in [6, 6.07) is 9.96. The van der Waals surface area contributed by atoms with E-state index in [0.717, 1.165) is 23.9 Å². The maximum atomic E-state index is 8.82. The Morgan fingerprint density at radius 2 is 2.25 bits per heavy atom. The third-order valence-corrected chi connectivity index (χ3v) is 2.79. The molecule has 0 atom stereocenters. The van der Waals surface area contributed by atoms with E-state index in [9.17, 15) is 0 Å². The van der Waals surface area contributed by atoms with E-state index in [1.165, 1.54) is 5.57 Å². The van der Waals surface area contributed by atoms with E-state index in [2.05, 4.69) is 24.1 Å². The van der Waals surface area contributed by atoms with Crippen LogP contribution < -0.4 is 0 Å². The zero-order valence-electron chi connectivity index (χ0n) is 9.40.